The molecule has 3 N–H and O–H groups in total. The molecule has 136 valence electrons. The van der Waals surface area contributed by atoms with Crippen molar-refractivity contribution in [2.24, 2.45) is 0 Å². The van der Waals surface area contributed by atoms with E-state index in [9.17, 15) is 14.4 Å². The van der Waals surface area contributed by atoms with Gasteiger partial charge in [0.25, 0.3) is 0 Å². The van der Waals surface area contributed by atoms with Crippen LogP contribution in [0.5, 0.6) is 0 Å². The molecule has 0 radical (unpaired) electrons. The van der Waals surface area contributed by atoms with Gasteiger partial charge in [0.1, 0.15) is 0 Å². The van der Waals surface area contributed by atoms with Gasteiger partial charge in [-0.25, -0.2) is 4.79 Å². The number of carbonyl (C=O) groups excluding carboxylic acids is 3. The number of nitrogens with zero attached hydrogens (tertiary/aromatic N) is 1. The third kappa shape index (κ3) is 5.88. The summed E-state index contributed by atoms with van der Waals surface area (Å²) in [6, 6.07) is 3.87. The number of rotatable bonds is 6. The van der Waals surface area contributed by atoms with E-state index in [1.807, 2.05) is 0 Å². The highest BCUT2D eigenvalue weighted by atomic mass is 35.5. The average molecular weight is 387 g/mol. The van der Waals surface area contributed by atoms with E-state index < -0.39 is 18.0 Å². The predicted octanol–water partition coefficient (Wildman–Crippen LogP) is 2.24. The molecule has 1 saturated carbocycles. The van der Waals surface area contributed by atoms with Gasteiger partial charge in [-0.05, 0) is 38.9 Å². The van der Waals surface area contributed by atoms with Gasteiger partial charge >= 0.3 is 6.03 Å². The number of benzene rings is 1. The Morgan fingerprint density at radius 3 is 2.40 bits per heavy atom. The van der Waals surface area contributed by atoms with Crippen LogP contribution in [0.15, 0.2) is 18.2 Å². The van der Waals surface area contributed by atoms with E-state index >= 15 is 0 Å². The topological polar surface area (TPSA) is 90.5 Å². The van der Waals surface area contributed by atoms with Gasteiger partial charge in [-0.15, -0.1) is 0 Å². The minimum Gasteiger partial charge on any atom is -0.335 e. The van der Waals surface area contributed by atoms with Crippen molar-refractivity contribution in [2.75, 3.05) is 18.9 Å². The summed E-state index contributed by atoms with van der Waals surface area (Å²) < 4.78 is 0. The number of hydrogen-bond donors (Lipinski definition) is 3. The van der Waals surface area contributed by atoms with E-state index in [2.05, 4.69) is 16.0 Å². The number of hydrogen-bond acceptors (Lipinski definition) is 4. The first-order valence-electron chi connectivity index (χ1n) is 7.83. The Morgan fingerprint density at radius 2 is 1.84 bits per heavy atom. The van der Waals surface area contributed by atoms with Gasteiger partial charge in [-0.1, -0.05) is 29.3 Å². The average Bonchev–Trinajstić information content (AvgIpc) is 3.33. The normalized spacial score (nSPS) is 14.8. The second kappa shape index (κ2) is 8.51. The molecule has 1 aliphatic rings. The molecular weight excluding hydrogens is 367 g/mol. The van der Waals surface area contributed by atoms with E-state index in [0.717, 1.165) is 12.8 Å². The zero-order valence-corrected chi connectivity index (χ0v) is 15.4. The summed E-state index contributed by atoms with van der Waals surface area (Å²) in [5.74, 6) is -0.858. The fourth-order valence-electron chi connectivity index (χ4n) is 2.03. The van der Waals surface area contributed by atoms with Crippen LogP contribution in [-0.2, 0) is 9.59 Å². The lowest BCUT2D eigenvalue weighted by atomic mass is 10.2. The lowest BCUT2D eigenvalue weighted by Gasteiger charge is -2.23. The summed E-state index contributed by atoms with van der Waals surface area (Å²) in [6.07, 6.45) is 1.86. The first kappa shape index (κ1) is 19.5. The predicted molar refractivity (Wildman–Crippen MR) is 96.9 cm³/mol. The molecule has 1 atom stereocenters. The van der Waals surface area contributed by atoms with Gasteiger partial charge in [-0.3, -0.25) is 19.8 Å². The molecule has 2 rings (SSSR count). The molecule has 0 heterocycles. The third-order valence-corrected chi connectivity index (χ3v) is 4.44. The zero-order valence-electron chi connectivity index (χ0n) is 13.9. The number of urea groups is 1. The van der Waals surface area contributed by atoms with Gasteiger partial charge < -0.3 is 10.6 Å². The van der Waals surface area contributed by atoms with Gasteiger partial charge in [0.2, 0.25) is 11.8 Å². The lowest BCUT2D eigenvalue weighted by molar-refractivity contribution is -0.125. The number of anilines is 1. The minimum atomic E-state index is -0.669. The van der Waals surface area contributed by atoms with Crippen LogP contribution in [0.25, 0.3) is 0 Å². The standard InChI is InChI=1S/C16H20Cl2N4O3/c1-9(15(24)21-16(25)19-10-6-7-10)22(2)8-13(23)20-14-11(17)4-3-5-12(14)18/h3-5,9-10H,6-8H2,1-2H3,(H,20,23)(H2,19,21,24,25). The number of carbonyl (C=O) groups is 3. The summed E-state index contributed by atoms with van der Waals surface area (Å²) in [5.41, 5.74) is 0.324. The van der Waals surface area contributed by atoms with Crippen LogP contribution in [0.2, 0.25) is 10.0 Å². The quantitative estimate of drug-likeness (QED) is 0.698. The maximum atomic E-state index is 12.1. The molecule has 1 fully saturated rings. The van der Waals surface area contributed by atoms with Crippen molar-refractivity contribution in [3.8, 4) is 0 Å². The van der Waals surface area contributed by atoms with E-state index in [1.54, 1.807) is 32.2 Å². The molecule has 1 aromatic rings. The Kier molecular flexibility index (Phi) is 6.64. The Hall–Kier alpha value is -1.83. The van der Waals surface area contributed by atoms with Gasteiger partial charge in [-0.2, -0.15) is 0 Å². The van der Waals surface area contributed by atoms with E-state index in [1.165, 1.54) is 4.90 Å². The number of likely N-dealkylation sites (N-methyl/N-ethyl adjacent to an activating group) is 1. The van der Waals surface area contributed by atoms with Crippen LogP contribution >= 0.6 is 23.2 Å². The SMILES string of the molecule is CC(C(=O)NC(=O)NC1CC1)N(C)CC(=O)Nc1c(Cl)cccc1Cl. The van der Waals surface area contributed by atoms with Gasteiger partial charge in [0, 0.05) is 6.04 Å². The molecule has 9 heteroatoms. The Labute approximate surface area is 156 Å². The molecule has 1 unspecified atom stereocenters. The molecule has 25 heavy (non-hydrogen) atoms. The van der Waals surface area contributed by atoms with Crippen LogP contribution in [-0.4, -0.2) is 48.4 Å². The highest BCUT2D eigenvalue weighted by Gasteiger charge is 2.26. The van der Waals surface area contributed by atoms with Crippen molar-refractivity contribution in [1.29, 1.82) is 0 Å². The van der Waals surface area contributed by atoms with Gasteiger partial charge in [0.05, 0.1) is 28.3 Å². The molecule has 1 aliphatic carbocycles. The summed E-state index contributed by atoms with van der Waals surface area (Å²) in [7, 11) is 1.61. The summed E-state index contributed by atoms with van der Waals surface area (Å²) in [4.78, 5) is 37.3. The zero-order chi connectivity index (χ0) is 18.6. The van der Waals surface area contributed by atoms with Crippen molar-refractivity contribution in [3.63, 3.8) is 0 Å². The Balaban J connectivity index is 1.84. The van der Waals surface area contributed by atoms with Crippen molar-refractivity contribution in [2.45, 2.75) is 31.8 Å². The van der Waals surface area contributed by atoms with Gasteiger partial charge in [0.15, 0.2) is 0 Å². The fraction of sp³-hybridized carbons (Fsp3) is 0.438. The van der Waals surface area contributed by atoms with Crippen LogP contribution < -0.4 is 16.0 Å². The van der Waals surface area contributed by atoms with Crippen LogP contribution in [0, 0.1) is 0 Å². The number of imide groups is 1. The molecule has 7 nitrogen and oxygen atoms in total. The number of para-hydroxylation sites is 1. The second-order valence-corrected chi connectivity index (χ2v) is 6.79. The minimum absolute atomic E-state index is 0.0691. The second-order valence-electron chi connectivity index (χ2n) is 5.97. The monoisotopic (exact) mass is 386 g/mol. The maximum absolute atomic E-state index is 12.1. The Bertz CT molecular complexity index is 659. The molecular formula is C16H20Cl2N4O3. The lowest BCUT2D eigenvalue weighted by Crippen LogP contribution is -2.50. The summed E-state index contributed by atoms with van der Waals surface area (Å²) in [6.45, 7) is 1.54. The largest absolute Gasteiger partial charge is 0.335 e. The molecule has 1 aromatic carbocycles. The smallest absolute Gasteiger partial charge is 0.321 e. The number of amides is 4. The molecule has 4 amide bonds. The van der Waals surface area contributed by atoms with E-state index in [4.69, 9.17) is 23.2 Å². The molecule has 0 spiro atoms. The van der Waals surface area contributed by atoms with Crippen LogP contribution in [0.3, 0.4) is 0 Å². The third-order valence-electron chi connectivity index (χ3n) is 3.81. The first-order chi connectivity index (χ1) is 11.8. The highest BCUT2D eigenvalue weighted by molar-refractivity contribution is 6.39. The van der Waals surface area contributed by atoms with E-state index in [0.29, 0.717) is 15.7 Å². The van der Waals surface area contributed by atoms with E-state index in [-0.39, 0.29) is 18.5 Å². The molecule has 0 aliphatic heterocycles. The Morgan fingerprint density at radius 1 is 1.24 bits per heavy atom. The number of nitrogens with one attached hydrogen (secondary N) is 3. The van der Waals surface area contributed by atoms with Crippen molar-refractivity contribution < 1.29 is 14.4 Å². The summed E-state index contributed by atoms with van der Waals surface area (Å²) >= 11 is 12.0. The van der Waals surface area contributed by atoms with Crippen molar-refractivity contribution in [3.05, 3.63) is 28.2 Å². The van der Waals surface area contributed by atoms with Crippen LogP contribution in [0.4, 0.5) is 10.5 Å². The molecule has 0 aromatic heterocycles. The number of halogens is 2. The first-order valence-corrected chi connectivity index (χ1v) is 8.59. The van der Waals surface area contributed by atoms with Crippen molar-refractivity contribution in [1.82, 2.24) is 15.5 Å². The fourth-order valence-corrected chi connectivity index (χ4v) is 2.52. The molecule has 0 bridgehead atoms. The highest BCUT2D eigenvalue weighted by Crippen LogP contribution is 2.29. The maximum Gasteiger partial charge on any atom is 0.321 e. The molecule has 0 saturated heterocycles. The van der Waals surface area contributed by atoms with Crippen molar-refractivity contribution >= 4 is 46.7 Å². The summed E-state index contributed by atoms with van der Waals surface area (Å²) in [5, 5.41) is 8.21. The van der Waals surface area contributed by atoms with Crippen LogP contribution in [0.1, 0.15) is 19.8 Å².